The van der Waals surface area contributed by atoms with Crippen molar-refractivity contribution < 1.29 is 9.47 Å². The number of hydrogen-bond acceptors (Lipinski definition) is 5. The Bertz CT molecular complexity index is 1410. The number of nitrogens with one attached hydrogen (secondary N) is 1. The molecule has 7 nitrogen and oxygen atoms in total. The van der Waals surface area contributed by atoms with Crippen LogP contribution >= 0.6 is 0 Å². The lowest BCUT2D eigenvalue weighted by atomic mass is 10.0. The van der Waals surface area contributed by atoms with Crippen LogP contribution in [0.15, 0.2) is 76.4 Å². The van der Waals surface area contributed by atoms with Gasteiger partial charge in [0.1, 0.15) is 12.4 Å². The summed E-state index contributed by atoms with van der Waals surface area (Å²) in [5.74, 6) is 1.70. The van der Waals surface area contributed by atoms with Crippen molar-refractivity contribution in [2.24, 2.45) is 0 Å². The van der Waals surface area contributed by atoms with E-state index >= 15 is 0 Å². The molecule has 0 aliphatic rings. The van der Waals surface area contributed by atoms with Crippen molar-refractivity contribution in [3.63, 3.8) is 0 Å². The zero-order valence-electron chi connectivity index (χ0n) is 16.8. The minimum absolute atomic E-state index is 0.217. The number of H-pyrrole nitrogens is 1. The van der Waals surface area contributed by atoms with Crippen LogP contribution in [-0.2, 0) is 6.54 Å². The van der Waals surface area contributed by atoms with Crippen molar-refractivity contribution in [1.82, 2.24) is 9.55 Å². The van der Waals surface area contributed by atoms with Gasteiger partial charge in [-0.3, -0.25) is 14.3 Å². The van der Waals surface area contributed by atoms with Crippen molar-refractivity contribution in [2.75, 3.05) is 6.61 Å². The molecule has 0 amide bonds. The molecule has 0 saturated heterocycles. The van der Waals surface area contributed by atoms with Gasteiger partial charge in [0.05, 0.1) is 18.2 Å². The number of benzene rings is 3. The number of ether oxygens (including phenoxy) is 2. The molecule has 154 valence electrons. The first kappa shape index (κ1) is 20.0. The fourth-order valence-electron chi connectivity index (χ4n) is 3.31. The van der Waals surface area contributed by atoms with E-state index in [-0.39, 0.29) is 13.2 Å². The molecule has 3 aromatic carbocycles. The molecule has 0 fully saturated rings. The van der Waals surface area contributed by atoms with Gasteiger partial charge >= 0.3 is 5.69 Å². The highest BCUT2D eigenvalue weighted by Gasteiger charge is 2.09. The number of aryl methyl sites for hydroxylation is 1. The monoisotopic (exact) mass is 413 g/mol. The third-order valence-electron chi connectivity index (χ3n) is 4.83. The summed E-state index contributed by atoms with van der Waals surface area (Å²) in [5.41, 5.74) is 0.704. The number of aromatic nitrogens is 2. The van der Waals surface area contributed by atoms with E-state index in [0.29, 0.717) is 22.8 Å². The van der Waals surface area contributed by atoms with E-state index in [1.807, 2.05) is 43.3 Å². The van der Waals surface area contributed by atoms with Gasteiger partial charge in [-0.05, 0) is 59.7 Å². The highest BCUT2D eigenvalue weighted by molar-refractivity contribution is 5.88. The van der Waals surface area contributed by atoms with Gasteiger partial charge in [0, 0.05) is 12.3 Å². The van der Waals surface area contributed by atoms with Crippen LogP contribution < -0.4 is 20.7 Å². The van der Waals surface area contributed by atoms with Crippen LogP contribution in [0.5, 0.6) is 17.2 Å². The van der Waals surface area contributed by atoms with Gasteiger partial charge in [0.2, 0.25) is 0 Å². The van der Waals surface area contributed by atoms with Gasteiger partial charge in [0.25, 0.3) is 5.56 Å². The molecule has 0 unspecified atom stereocenters. The second-order valence-corrected chi connectivity index (χ2v) is 6.99. The quantitative estimate of drug-likeness (QED) is 0.519. The summed E-state index contributed by atoms with van der Waals surface area (Å²) in [6, 6.07) is 20.1. The Morgan fingerprint density at radius 1 is 1.03 bits per heavy atom. The summed E-state index contributed by atoms with van der Waals surface area (Å²) < 4.78 is 13.3. The molecule has 1 aromatic heterocycles. The van der Waals surface area contributed by atoms with Gasteiger partial charge in [-0.1, -0.05) is 18.2 Å². The molecule has 0 spiro atoms. The first-order valence-corrected chi connectivity index (χ1v) is 9.67. The number of nitriles is 1. The molecule has 4 rings (SSSR count). The van der Waals surface area contributed by atoms with E-state index in [9.17, 15) is 9.59 Å². The molecule has 0 aliphatic heterocycles. The summed E-state index contributed by atoms with van der Waals surface area (Å²) >= 11 is 0. The lowest BCUT2D eigenvalue weighted by molar-refractivity contribution is 0.283. The van der Waals surface area contributed by atoms with Crippen molar-refractivity contribution >= 4 is 10.8 Å². The molecule has 4 aromatic rings. The Morgan fingerprint density at radius 3 is 2.61 bits per heavy atom. The Labute approximate surface area is 177 Å². The Kier molecular flexibility index (Phi) is 5.54. The molecule has 0 saturated carbocycles. The topological polar surface area (TPSA) is 97.1 Å². The van der Waals surface area contributed by atoms with E-state index in [4.69, 9.17) is 14.7 Å². The number of hydrogen-bond donors (Lipinski definition) is 1. The summed E-state index contributed by atoms with van der Waals surface area (Å²) in [6.45, 7) is 2.48. The zero-order chi connectivity index (χ0) is 21.8. The second-order valence-electron chi connectivity index (χ2n) is 6.99. The Balaban J connectivity index is 1.54. The number of para-hydroxylation sites is 2. The predicted molar refractivity (Wildman–Crippen MR) is 117 cm³/mol. The van der Waals surface area contributed by atoms with Gasteiger partial charge < -0.3 is 9.47 Å². The van der Waals surface area contributed by atoms with Gasteiger partial charge in [-0.2, -0.15) is 5.26 Å². The molecule has 0 radical (unpaired) electrons. The van der Waals surface area contributed by atoms with Crippen molar-refractivity contribution in [3.05, 3.63) is 98.8 Å². The minimum atomic E-state index is -0.482. The number of fused-ring (bicyclic) bond motifs is 1. The summed E-state index contributed by atoms with van der Waals surface area (Å²) in [7, 11) is 0. The lowest BCUT2D eigenvalue weighted by Crippen LogP contribution is -2.30. The molecular weight excluding hydrogens is 394 g/mol. The first-order chi connectivity index (χ1) is 15.0. The largest absolute Gasteiger partial charge is 0.488 e. The first-order valence-electron chi connectivity index (χ1n) is 9.67. The third-order valence-corrected chi connectivity index (χ3v) is 4.83. The van der Waals surface area contributed by atoms with Crippen molar-refractivity contribution in [2.45, 2.75) is 13.5 Å². The average molecular weight is 413 g/mol. The minimum Gasteiger partial charge on any atom is -0.488 e. The van der Waals surface area contributed by atoms with Crippen LogP contribution in [-0.4, -0.2) is 16.2 Å². The number of nitrogens with zero attached hydrogens (tertiary/aromatic N) is 2. The maximum absolute atomic E-state index is 11.8. The molecule has 1 heterocycles. The van der Waals surface area contributed by atoms with E-state index in [0.717, 1.165) is 16.3 Å². The van der Waals surface area contributed by atoms with Gasteiger partial charge in [0.15, 0.2) is 11.5 Å². The Hall–Kier alpha value is -4.31. The van der Waals surface area contributed by atoms with E-state index in [1.165, 1.54) is 16.8 Å². The van der Waals surface area contributed by atoms with Crippen molar-refractivity contribution in [1.29, 1.82) is 5.26 Å². The molecule has 0 bridgehead atoms. The fourth-order valence-corrected chi connectivity index (χ4v) is 3.31. The molecule has 1 N–H and O–H groups in total. The van der Waals surface area contributed by atoms with Crippen LogP contribution in [0.3, 0.4) is 0 Å². The molecular formula is C24H19N3O4. The summed E-state index contributed by atoms with van der Waals surface area (Å²) in [5, 5.41) is 11.1. The average Bonchev–Trinajstić information content (AvgIpc) is 2.76. The Morgan fingerprint density at radius 2 is 1.84 bits per heavy atom. The van der Waals surface area contributed by atoms with Crippen LogP contribution in [0.2, 0.25) is 0 Å². The van der Waals surface area contributed by atoms with Crippen molar-refractivity contribution in [3.8, 4) is 23.3 Å². The summed E-state index contributed by atoms with van der Waals surface area (Å²) in [4.78, 5) is 25.2. The molecule has 31 heavy (non-hydrogen) atoms. The van der Waals surface area contributed by atoms with E-state index in [1.54, 1.807) is 18.2 Å². The normalized spacial score (nSPS) is 10.6. The van der Waals surface area contributed by atoms with Gasteiger partial charge in [-0.15, -0.1) is 0 Å². The maximum atomic E-state index is 11.8. The van der Waals surface area contributed by atoms with Crippen LogP contribution in [0.4, 0.5) is 0 Å². The van der Waals surface area contributed by atoms with E-state index in [2.05, 4.69) is 11.1 Å². The number of rotatable bonds is 6. The van der Waals surface area contributed by atoms with Crippen LogP contribution in [0.1, 0.15) is 11.1 Å². The fraction of sp³-hybridized carbons (Fsp3) is 0.125. The van der Waals surface area contributed by atoms with E-state index < -0.39 is 11.2 Å². The van der Waals surface area contributed by atoms with Gasteiger partial charge in [-0.25, -0.2) is 4.79 Å². The zero-order valence-corrected chi connectivity index (χ0v) is 16.8. The second kappa shape index (κ2) is 8.59. The molecule has 0 aliphatic carbocycles. The maximum Gasteiger partial charge on any atom is 0.328 e. The van der Waals surface area contributed by atoms with Crippen LogP contribution in [0.25, 0.3) is 10.8 Å². The third kappa shape index (κ3) is 4.49. The lowest BCUT2D eigenvalue weighted by Gasteiger charge is -2.14. The highest BCUT2D eigenvalue weighted by atomic mass is 16.5. The number of aromatic amines is 1. The molecule has 7 heteroatoms. The predicted octanol–water partition coefficient (Wildman–Crippen LogP) is 3.74. The smallest absolute Gasteiger partial charge is 0.328 e. The summed E-state index contributed by atoms with van der Waals surface area (Å²) in [6.07, 6.45) is 1.43. The standard InChI is InChI=1S/C24H19N3O4/c1-16-12-19(14-18-13-17(15-25)6-7-20(16)18)31-22-5-3-2-4-21(22)30-11-10-27-9-8-23(28)26-24(27)29/h2-9,12-14H,10-11H2,1H3,(H,26,28,29). The highest BCUT2D eigenvalue weighted by Crippen LogP contribution is 2.34. The molecule has 0 atom stereocenters. The SMILES string of the molecule is Cc1cc(Oc2ccccc2OCCn2ccc(=O)[nH]c2=O)cc2cc(C#N)ccc12. The van der Waals surface area contributed by atoms with Crippen LogP contribution in [0, 0.1) is 18.3 Å².